The number of anilines is 1. The maximum atomic E-state index is 7.23. The van der Waals surface area contributed by atoms with Gasteiger partial charge in [0.1, 0.15) is 0 Å². The summed E-state index contributed by atoms with van der Waals surface area (Å²) in [4.78, 5) is 15.7. The van der Waals surface area contributed by atoms with Crippen molar-refractivity contribution in [1.29, 1.82) is 0 Å². The molecule has 0 saturated carbocycles. The normalized spacial score (nSPS) is 20.6. The SMILES string of the molecule is [C-]#[N+]c1ccc(-c2nc(N3CC4CCNCC4C3)ncc2-c2ccc(C)cc2)cc1. The third-order valence-electron chi connectivity index (χ3n) is 6.37. The Morgan fingerprint density at radius 2 is 1.73 bits per heavy atom. The zero-order valence-corrected chi connectivity index (χ0v) is 17.2. The highest BCUT2D eigenvalue weighted by Gasteiger charge is 2.35. The smallest absolute Gasteiger partial charge is 0.225 e. The standard InChI is InChI=1S/C25H25N5/c1-17-3-5-18(6-4-17)23-14-28-25(30-15-20-11-12-27-13-21(20)16-30)29-24(23)19-7-9-22(26-2)10-8-19/h3-10,14,20-21,27H,11-13,15-16H2,1H3. The minimum Gasteiger partial charge on any atom is -0.340 e. The number of aromatic nitrogens is 2. The summed E-state index contributed by atoms with van der Waals surface area (Å²) in [6.45, 7) is 13.6. The Morgan fingerprint density at radius 1 is 1.00 bits per heavy atom. The summed E-state index contributed by atoms with van der Waals surface area (Å²) >= 11 is 0. The van der Waals surface area contributed by atoms with E-state index in [0.29, 0.717) is 11.6 Å². The molecule has 2 atom stereocenters. The predicted octanol–water partition coefficient (Wildman–Crippen LogP) is 4.72. The van der Waals surface area contributed by atoms with E-state index in [0.717, 1.165) is 60.4 Å². The molecule has 0 spiro atoms. The summed E-state index contributed by atoms with van der Waals surface area (Å²) in [6, 6.07) is 16.2. The van der Waals surface area contributed by atoms with Crippen molar-refractivity contribution in [2.75, 3.05) is 31.1 Å². The number of hydrogen-bond acceptors (Lipinski definition) is 4. The van der Waals surface area contributed by atoms with Gasteiger partial charge < -0.3 is 10.2 Å². The molecule has 2 aromatic carbocycles. The summed E-state index contributed by atoms with van der Waals surface area (Å²) in [5.41, 5.74) is 5.94. The second-order valence-electron chi connectivity index (χ2n) is 8.37. The molecule has 3 heterocycles. The average molecular weight is 396 g/mol. The Kier molecular flexibility index (Phi) is 4.94. The molecule has 0 radical (unpaired) electrons. The van der Waals surface area contributed by atoms with Crippen LogP contribution in [0.5, 0.6) is 0 Å². The van der Waals surface area contributed by atoms with Crippen molar-refractivity contribution in [2.24, 2.45) is 11.8 Å². The number of piperidine rings is 1. The second-order valence-corrected chi connectivity index (χ2v) is 8.37. The van der Waals surface area contributed by atoms with Crippen LogP contribution >= 0.6 is 0 Å². The van der Waals surface area contributed by atoms with Gasteiger partial charge in [0, 0.05) is 24.8 Å². The summed E-state index contributed by atoms with van der Waals surface area (Å²) < 4.78 is 0. The molecule has 5 nitrogen and oxygen atoms in total. The number of rotatable bonds is 3. The van der Waals surface area contributed by atoms with Crippen molar-refractivity contribution in [2.45, 2.75) is 13.3 Å². The van der Waals surface area contributed by atoms with Gasteiger partial charge in [0.2, 0.25) is 5.95 Å². The molecular weight excluding hydrogens is 370 g/mol. The molecule has 3 aromatic rings. The van der Waals surface area contributed by atoms with Crippen LogP contribution in [-0.2, 0) is 0 Å². The van der Waals surface area contributed by atoms with Gasteiger partial charge in [-0.3, -0.25) is 0 Å². The largest absolute Gasteiger partial charge is 0.340 e. The molecule has 150 valence electrons. The van der Waals surface area contributed by atoms with Crippen LogP contribution in [0.1, 0.15) is 12.0 Å². The minimum atomic E-state index is 0.640. The van der Waals surface area contributed by atoms with Gasteiger partial charge in [0.15, 0.2) is 5.69 Å². The zero-order valence-electron chi connectivity index (χ0n) is 17.2. The Labute approximate surface area is 177 Å². The fourth-order valence-electron chi connectivity index (χ4n) is 4.62. The monoisotopic (exact) mass is 395 g/mol. The third-order valence-corrected chi connectivity index (χ3v) is 6.37. The van der Waals surface area contributed by atoms with Crippen LogP contribution in [0.25, 0.3) is 27.2 Å². The van der Waals surface area contributed by atoms with E-state index in [1.807, 2.05) is 30.5 Å². The van der Waals surface area contributed by atoms with Gasteiger partial charge in [-0.2, -0.15) is 0 Å². The molecule has 0 amide bonds. The van der Waals surface area contributed by atoms with Gasteiger partial charge in [0.25, 0.3) is 0 Å². The first-order chi connectivity index (χ1) is 14.7. The highest BCUT2D eigenvalue weighted by Crippen LogP contribution is 2.35. The van der Waals surface area contributed by atoms with Crippen molar-refractivity contribution < 1.29 is 0 Å². The lowest BCUT2D eigenvalue weighted by molar-refractivity contribution is 0.318. The topological polar surface area (TPSA) is 45.4 Å². The van der Waals surface area contributed by atoms with Crippen molar-refractivity contribution in [3.8, 4) is 22.4 Å². The van der Waals surface area contributed by atoms with E-state index in [2.05, 4.69) is 46.3 Å². The van der Waals surface area contributed by atoms with Crippen LogP contribution in [0, 0.1) is 25.3 Å². The number of nitrogens with zero attached hydrogens (tertiary/aromatic N) is 4. The molecule has 2 saturated heterocycles. The number of benzene rings is 2. The van der Waals surface area contributed by atoms with Crippen LogP contribution in [0.4, 0.5) is 11.6 Å². The van der Waals surface area contributed by atoms with Crippen molar-refractivity contribution >= 4 is 11.6 Å². The van der Waals surface area contributed by atoms with Gasteiger partial charge in [-0.25, -0.2) is 14.8 Å². The molecule has 5 rings (SSSR count). The quantitative estimate of drug-likeness (QED) is 0.652. The molecule has 0 bridgehead atoms. The third kappa shape index (κ3) is 3.55. The first kappa shape index (κ1) is 18.8. The Hall–Kier alpha value is -3.23. The van der Waals surface area contributed by atoms with E-state index >= 15 is 0 Å². The maximum absolute atomic E-state index is 7.23. The van der Waals surface area contributed by atoms with E-state index in [9.17, 15) is 0 Å². The minimum absolute atomic E-state index is 0.640. The van der Waals surface area contributed by atoms with E-state index < -0.39 is 0 Å². The molecule has 0 aliphatic carbocycles. The fraction of sp³-hybridized carbons (Fsp3) is 0.320. The molecule has 2 aliphatic rings. The molecule has 2 unspecified atom stereocenters. The van der Waals surface area contributed by atoms with Gasteiger partial charge in [0.05, 0.1) is 12.3 Å². The number of aryl methyl sites for hydroxylation is 1. The number of nitrogens with one attached hydrogen (secondary N) is 1. The molecule has 2 fully saturated rings. The lowest BCUT2D eigenvalue weighted by Gasteiger charge is -2.23. The lowest BCUT2D eigenvalue weighted by Crippen LogP contribution is -2.35. The molecular formula is C25H25N5. The molecule has 1 aromatic heterocycles. The summed E-state index contributed by atoms with van der Waals surface area (Å²) in [5, 5.41) is 3.52. The van der Waals surface area contributed by atoms with E-state index in [4.69, 9.17) is 16.5 Å². The molecule has 5 heteroatoms. The van der Waals surface area contributed by atoms with Crippen molar-refractivity contribution in [1.82, 2.24) is 15.3 Å². The van der Waals surface area contributed by atoms with Gasteiger partial charge in [-0.05, 0) is 49.4 Å². The summed E-state index contributed by atoms with van der Waals surface area (Å²) in [5.74, 6) is 2.22. The Morgan fingerprint density at radius 3 is 2.47 bits per heavy atom. The predicted molar refractivity (Wildman–Crippen MR) is 121 cm³/mol. The number of fused-ring (bicyclic) bond motifs is 1. The molecule has 2 aliphatic heterocycles. The van der Waals surface area contributed by atoms with E-state index in [-0.39, 0.29) is 0 Å². The molecule has 1 N–H and O–H groups in total. The summed E-state index contributed by atoms with van der Waals surface area (Å²) in [6.07, 6.45) is 3.19. The first-order valence-electron chi connectivity index (χ1n) is 10.6. The van der Waals surface area contributed by atoms with Crippen LogP contribution in [0.2, 0.25) is 0 Å². The maximum Gasteiger partial charge on any atom is 0.225 e. The van der Waals surface area contributed by atoms with Crippen molar-refractivity contribution in [3.05, 3.63) is 71.7 Å². The summed E-state index contributed by atoms with van der Waals surface area (Å²) in [7, 11) is 0. The van der Waals surface area contributed by atoms with Crippen LogP contribution in [0.3, 0.4) is 0 Å². The van der Waals surface area contributed by atoms with Gasteiger partial charge in [-0.15, -0.1) is 0 Å². The second kappa shape index (κ2) is 7.89. The van der Waals surface area contributed by atoms with Gasteiger partial charge in [-0.1, -0.05) is 54.1 Å². The first-order valence-corrected chi connectivity index (χ1v) is 10.6. The zero-order chi connectivity index (χ0) is 20.5. The van der Waals surface area contributed by atoms with E-state index in [1.54, 1.807) is 0 Å². The molecule has 30 heavy (non-hydrogen) atoms. The van der Waals surface area contributed by atoms with Gasteiger partial charge >= 0.3 is 0 Å². The number of hydrogen-bond donors (Lipinski definition) is 1. The Bertz CT molecular complexity index is 1070. The van der Waals surface area contributed by atoms with E-state index in [1.165, 1.54) is 12.0 Å². The highest BCUT2D eigenvalue weighted by molar-refractivity contribution is 5.81. The van der Waals surface area contributed by atoms with Crippen LogP contribution in [0.15, 0.2) is 54.7 Å². The van der Waals surface area contributed by atoms with Crippen LogP contribution < -0.4 is 10.2 Å². The lowest BCUT2D eigenvalue weighted by atomic mass is 9.90. The fourth-order valence-corrected chi connectivity index (χ4v) is 4.62. The Balaban J connectivity index is 1.56. The average Bonchev–Trinajstić information content (AvgIpc) is 3.24. The van der Waals surface area contributed by atoms with Crippen molar-refractivity contribution in [3.63, 3.8) is 0 Å². The highest BCUT2D eigenvalue weighted by atomic mass is 15.3. The van der Waals surface area contributed by atoms with Crippen LogP contribution in [-0.4, -0.2) is 36.1 Å².